The van der Waals surface area contributed by atoms with Crippen LogP contribution in [0.2, 0.25) is 0 Å². The van der Waals surface area contributed by atoms with Crippen molar-refractivity contribution >= 4 is 27.7 Å². The van der Waals surface area contributed by atoms with Gasteiger partial charge in [0.2, 0.25) is 5.91 Å². The lowest BCUT2D eigenvalue weighted by Crippen LogP contribution is -2.24. The highest BCUT2D eigenvalue weighted by molar-refractivity contribution is 9.10. The van der Waals surface area contributed by atoms with Crippen molar-refractivity contribution in [1.82, 2.24) is 4.98 Å². The van der Waals surface area contributed by atoms with Gasteiger partial charge in [-0.1, -0.05) is 31.7 Å². The average Bonchev–Trinajstić information content (AvgIpc) is 3.14. The molecule has 1 unspecified atom stereocenters. The van der Waals surface area contributed by atoms with Crippen LogP contribution < -0.4 is 5.32 Å². The van der Waals surface area contributed by atoms with Crippen molar-refractivity contribution in [3.8, 4) is 0 Å². The third-order valence-electron chi connectivity index (χ3n) is 5.04. The Labute approximate surface area is 168 Å². The minimum Gasteiger partial charge on any atom is -0.310 e. The van der Waals surface area contributed by atoms with E-state index in [9.17, 15) is 22.4 Å². The van der Waals surface area contributed by atoms with Gasteiger partial charge in [-0.2, -0.15) is 13.2 Å². The maximum absolute atomic E-state index is 13.7. The summed E-state index contributed by atoms with van der Waals surface area (Å²) in [7, 11) is 0. The second-order valence-electron chi connectivity index (χ2n) is 7.03. The number of rotatable bonds is 5. The summed E-state index contributed by atoms with van der Waals surface area (Å²) in [5, 5.41) is 2.67. The summed E-state index contributed by atoms with van der Waals surface area (Å²) in [4.78, 5) is 17.0. The van der Waals surface area contributed by atoms with E-state index in [1.54, 1.807) is 12.1 Å². The number of halogens is 5. The first kappa shape index (κ1) is 20.8. The summed E-state index contributed by atoms with van der Waals surface area (Å²) >= 11 is 3.25. The number of amides is 1. The molecule has 1 aliphatic rings. The van der Waals surface area contributed by atoms with Crippen LogP contribution in [-0.4, -0.2) is 10.9 Å². The number of pyridine rings is 1. The monoisotopic (exact) mass is 458 g/mol. The summed E-state index contributed by atoms with van der Waals surface area (Å²) in [6.45, 7) is 0. The minimum atomic E-state index is -4.82. The Hall–Kier alpha value is -1.96. The van der Waals surface area contributed by atoms with E-state index in [2.05, 4.69) is 26.2 Å². The molecule has 1 heterocycles. The van der Waals surface area contributed by atoms with E-state index >= 15 is 0 Å². The van der Waals surface area contributed by atoms with Crippen molar-refractivity contribution in [1.29, 1.82) is 0 Å². The van der Waals surface area contributed by atoms with Gasteiger partial charge in [-0.25, -0.2) is 9.37 Å². The molecule has 1 amide bonds. The summed E-state index contributed by atoms with van der Waals surface area (Å²) in [6.07, 6.45) is 1.09. The normalized spacial score (nSPS) is 16.2. The molecule has 1 fully saturated rings. The highest BCUT2D eigenvalue weighted by Gasteiger charge is 2.36. The number of anilines is 1. The van der Waals surface area contributed by atoms with Gasteiger partial charge in [-0.15, -0.1) is 0 Å². The van der Waals surface area contributed by atoms with E-state index in [1.165, 1.54) is 12.3 Å². The Morgan fingerprint density at radius 1 is 1.21 bits per heavy atom. The third-order valence-corrected chi connectivity index (χ3v) is 5.51. The number of hydrogen-bond acceptors (Lipinski definition) is 2. The van der Waals surface area contributed by atoms with Crippen molar-refractivity contribution in [3.63, 3.8) is 0 Å². The second kappa shape index (κ2) is 8.59. The quantitative estimate of drug-likeness (QED) is 0.533. The number of hydrogen-bond donors (Lipinski definition) is 1. The van der Waals surface area contributed by atoms with Crippen LogP contribution in [0.5, 0.6) is 0 Å². The van der Waals surface area contributed by atoms with Crippen LogP contribution in [0.1, 0.15) is 49.1 Å². The highest BCUT2D eigenvalue weighted by atomic mass is 79.9. The van der Waals surface area contributed by atoms with Crippen LogP contribution in [0, 0.1) is 11.7 Å². The van der Waals surface area contributed by atoms with E-state index in [-0.39, 0.29) is 11.5 Å². The summed E-state index contributed by atoms with van der Waals surface area (Å²) in [5.41, 5.74) is -1.19. The van der Waals surface area contributed by atoms with Crippen LogP contribution in [-0.2, 0) is 11.0 Å². The number of carbonyl (C=O) groups is 1. The van der Waals surface area contributed by atoms with Gasteiger partial charge in [-0.05, 0) is 58.1 Å². The first-order chi connectivity index (χ1) is 13.2. The zero-order valence-corrected chi connectivity index (χ0v) is 16.5. The number of aromatic nitrogens is 1. The van der Waals surface area contributed by atoms with Crippen LogP contribution in [0.4, 0.5) is 23.4 Å². The molecule has 0 aliphatic heterocycles. The fraction of sp³-hybridized carbons (Fsp3) is 0.400. The Kier molecular flexibility index (Phi) is 6.37. The van der Waals surface area contributed by atoms with Gasteiger partial charge in [0, 0.05) is 10.7 Å². The third kappa shape index (κ3) is 5.10. The largest absolute Gasteiger partial charge is 0.419 e. The molecule has 1 atom stereocenters. The molecule has 0 spiro atoms. The Morgan fingerprint density at radius 3 is 2.54 bits per heavy atom. The number of carbonyl (C=O) groups excluding carboxylic acids is 1. The maximum atomic E-state index is 13.7. The molecule has 1 N–H and O–H groups in total. The predicted octanol–water partition coefficient (Wildman–Crippen LogP) is 6.30. The predicted molar refractivity (Wildman–Crippen MR) is 101 cm³/mol. The lowest BCUT2D eigenvalue weighted by Gasteiger charge is -2.21. The van der Waals surface area contributed by atoms with Crippen LogP contribution in [0.25, 0.3) is 0 Å². The molecule has 0 bridgehead atoms. The Morgan fingerprint density at radius 2 is 1.93 bits per heavy atom. The van der Waals surface area contributed by atoms with E-state index in [1.807, 2.05) is 0 Å². The van der Waals surface area contributed by atoms with Crippen molar-refractivity contribution in [2.75, 3.05) is 5.32 Å². The van der Waals surface area contributed by atoms with Crippen LogP contribution >= 0.6 is 15.9 Å². The second-order valence-corrected chi connectivity index (χ2v) is 7.94. The molecule has 0 saturated heterocycles. The van der Waals surface area contributed by atoms with E-state index < -0.39 is 29.4 Å². The lowest BCUT2D eigenvalue weighted by molar-refractivity contribution is -0.140. The molecule has 3 nitrogen and oxygen atoms in total. The molecular formula is C20H19BrF4N2O. The number of alkyl halides is 3. The molecule has 1 saturated carbocycles. The summed E-state index contributed by atoms with van der Waals surface area (Å²) < 4.78 is 53.8. The molecule has 0 radical (unpaired) electrons. The van der Waals surface area contributed by atoms with Gasteiger partial charge in [0.1, 0.15) is 11.6 Å². The first-order valence-corrected chi connectivity index (χ1v) is 9.82. The number of nitrogens with zero attached hydrogens (tertiary/aromatic N) is 1. The molecular weight excluding hydrogens is 440 g/mol. The van der Waals surface area contributed by atoms with Crippen molar-refractivity contribution in [2.45, 2.75) is 44.2 Å². The molecule has 3 rings (SSSR count). The standard InChI is InChI=1S/C20H19BrF4N2O/c21-14-6-8-18(26-11-14)27-19(28)15(9-12-3-1-2-4-12)13-5-7-17(22)16(10-13)20(23,24)25/h5-8,10-12,15H,1-4,9H2,(H,26,27,28). The van der Waals surface area contributed by atoms with Crippen LogP contribution in [0.3, 0.4) is 0 Å². The molecule has 1 aromatic carbocycles. The van der Waals surface area contributed by atoms with Crippen molar-refractivity contribution in [3.05, 3.63) is 57.9 Å². The lowest BCUT2D eigenvalue weighted by atomic mass is 9.86. The van der Waals surface area contributed by atoms with Gasteiger partial charge in [-0.3, -0.25) is 4.79 Å². The van der Waals surface area contributed by atoms with E-state index in [4.69, 9.17) is 0 Å². The first-order valence-electron chi connectivity index (χ1n) is 9.03. The van der Waals surface area contributed by atoms with Crippen molar-refractivity contribution in [2.24, 2.45) is 5.92 Å². The zero-order valence-electron chi connectivity index (χ0n) is 14.9. The fourth-order valence-electron chi connectivity index (χ4n) is 3.61. The van der Waals surface area contributed by atoms with Gasteiger partial charge >= 0.3 is 6.18 Å². The number of benzene rings is 1. The molecule has 28 heavy (non-hydrogen) atoms. The molecule has 1 aromatic heterocycles. The summed E-state index contributed by atoms with van der Waals surface area (Å²) in [6, 6.07) is 6.10. The zero-order chi connectivity index (χ0) is 20.3. The maximum Gasteiger partial charge on any atom is 0.419 e. The molecule has 8 heteroatoms. The Balaban J connectivity index is 1.90. The minimum absolute atomic E-state index is 0.162. The van der Waals surface area contributed by atoms with Gasteiger partial charge in [0.05, 0.1) is 11.5 Å². The van der Waals surface area contributed by atoms with Crippen molar-refractivity contribution < 1.29 is 22.4 Å². The highest BCUT2D eigenvalue weighted by Crippen LogP contribution is 2.38. The topological polar surface area (TPSA) is 42.0 Å². The fourth-order valence-corrected chi connectivity index (χ4v) is 3.85. The Bertz CT molecular complexity index is 833. The molecule has 1 aliphatic carbocycles. The van der Waals surface area contributed by atoms with Gasteiger partial charge in [0.15, 0.2) is 0 Å². The average molecular weight is 459 g/mol. The van der Waals surface area contributed by atoms with E-state index in [0.29, 0.717) is 12.2 Å². The van der Waals surface area contributed by atoms with Crippen LogP contribution in [0.15, 0.2) is 41.0 Å². The molecule has 2 aromatic rings. The van der Waals surface area contributed by atoms with Gasteiger partial charge < -0.3 is 5.32 Å². The number of nitrogens with one attached hydrogen (secondary N) is 1. The SMILES string of the molecule is O=C(Nc1ccc(Br)cn1)C(CC1CCCC1)c1ccc(F)c(C(F)(F)F)c1. The molecule has 150 valence electrons. The van der Waals surface area contributed by atoms with Gasteiger partial charge in [0.25, 0.3) is 0 Å². The summed E-state index contributed by atoms with van der Waals surface area (Å²) in [5.74, 6) is -2.03. The van der Waals surface area contributed by atoms with E-state index in [0.717, 1.165) is 42.3 Å². The smallest absolute Gasteiger partial charge is 0.310 e.